The number of carbonyl (C=O) groups is 2. The molecule has 0 amide bonds. The summed E-state index contributed by atoms with van der Waals surface area (Å²) in [5.41, 5.74) is 0. The summed E-state index contributed by atoms with van der Waals surface area (Å²) in [5.74, 6) is -3.17. The van der Waals surface area contributed by atoms with Gasteiger partial charge in [-0.25, -0.2) is 9.59 Å². The van der Waals surface area contributed by atoms with Crippen LogP contribution in [0.3, 0.4) is 0 Å². The van der Waals surface area contributed by atoms with Crippen LogP contribution in [-0.4, -0.2) is 255 Å². The molecule has 15 N–H and O–H groups in total. The van der Waals surface area contributed by atoms with Gasteiger partial charge in [-0.2, -0.15) is 0 Å². The standard InChI is InChI=1S/C50H78O25/c51-18-35-40(62)42(64)44(66)48(72-35)70-33-16-25(53)15-32-26(33)17-34(45(69-32)23-6-10-28(55)30(57)14-23)71-50-47(43(65)41(63)36(73-50)20-67-37(59)11-4-21-1-7-24(52)8-2-21)75-49-46(39(61)31(58)19-68-49)74-38(60)12-5-22-3-9-27(54)29(56)13-22/h4-5,11-12,21-36,39-58,61-66H,1-3,6-10,13-20H2/p+1/t21?,22?,23?,24?,25?,26?,27?,28?,29?,30?,31-,32?,33?,34?,35-,36-,39+,40-,41-,42+,43+,44-,45?,46-,47-,48-,49+,50-/m1/s1. The fourth-order valence-electron chi connectivity index (χ4n) is 12.1. The number of hydrogen-bond donors (Lipinski definition) is 14. The first-order valence-electron chi connectivity index (χ1n) is 26.6. The van der Waals surface area contributed by atoms with E-state index in [4.69, 9.17) is 42.6 Å². The normalized spacial score (nSPS) is 49.0. The number of allylic oxidation sites excluding steroid dienone is 2. The lowest BCUT2D eigenvalue weighted by Gasteiger charge is -2.50. The second-order valence-electron chi connectivity index (χ2n) is 21.9. The van der Waals surface area contributed by atoms with Gasteiger partial charge in [-0.3, -0.25) is 0 Å². The predicted octanol–water partition coefficient (Wildman–Crippen LogP) is -4.93. The maximum atomic E-state index is 13.3. The molecule has 4 aliphatic carbocycles. The summed E-state index contributed by atoms with van der Waals surface area (Å²) < 4.78 is 53.5. The van der Waals surface area contributed by atoms with Gasteiger partial charge in [0.15, 0.2) is 37.2 Å². The van der Waals surface area contributed by atoms with E-state index in [1.165, 1.54) is 12.2 Å². The number of esters is 2. The lowest BCUT2D eigenvalue weighted by Crippen LogP contribution is -2.66. The number of carbonyl (C=O) groups excluding carboxylic acids is 2. The largest absolute Gasteiger partial charge is 0.460 e. The Balaban J connectivity index is 1.06. The molecular formula is C50H79O25+. The van der Waals surface area contributed by atoms with Crippen LogP contribution < -0.4 is 0 Å². The van der Waals surface area contributed by atoms with E-state index in [0.29, 0.717) is 44.9 Å². The molecule has 8 rings (SSSR count). The highest BCUT2D eigenvalue weighted by Gasteiger charge is 2.58. The first-order chi connectivity index (χ1) is 35.8. The maximum absolute atomic E-state index is 13.3. The van der Waals surface area contributed by atoms with Gasteiger partial charge in [0.2, 0.25) is 0 Å². The molecule has 0 aromatic heterocycles. The van der Waals surface area contributed by atoms with Gasteiger partial charge in [0.25, 0.3) is 0 Å². The third-order valence-electron chi connectivity index (χ3n) is 16.6. The second-order valence-corrected chi connectivity index (χ2v) is 21.9. The molecule has 0 radical (unpaired) electrons. The molecule has 75 heavy (non-hydrogen) atoms. The highest BCUT2D eigenvalue weighted by molar-refractivity contribution is 5.82. The quantitative estimate of drug-likeness (QED) is 0.0415. The molecule has 25 heteroatoms. The summed E-state index contributed by atoms with van der Waals surface area (Å²) in [6.45, 7) is -1.89. The summed E-state index contributed by atoms with van der Waals surface area (Å²) >= 11 is 0. The van der Waals surface area contributed by atoms with Gasteiger partial charge in [-0.1, -0.05) is 12.2 Å². The first kappa shape index (κ1) is 58.7. The minimum Gasteiger partial charge on any atom is -0.460 e. The summed E-state index contributed by atoms with van der Waals surface area (Å²) in [7, 11) is 0. The summed E-state index contributed by atoms with van der Waals surface area (Å²) in [6, 6.07) is 0. The van der Waals surface area contributed by atoms with Crippen molar-refractivity contribution in [3.63, 3.8) is 0 Å². The third kappa shape index (κ3) is 14.3. The zero-order valence-electron chi connectivity index (χ0n) is 41.6. The van der Waals surface area contributed by atoms with E-state index in [9.17, 15) is 81.1 Å². The molecule has 0 aromatic rings. The Morgan fingerprint density at radius 3 is 1.87 bits per heavy atom. The van der Waals surface area contributed by atoms with E-state index < -0.39 is 191 Å². The molecule has 8 fully saturated rings. The second kappa shape index (κ2) is 26.2. The number of hydrogen-bond acceptors (Lipinski definition) is 24. The van der Waals surface area contributed by atoms with Gasteiger partial charge in [0, 0.05) is 30.9 Å². The summed E-state index contributed by atoms with van der Waals surface area (Å²) in [4.78, 5) is 26.4. The minimum absolute atomic E-state index is 0.0210. The zero-order valence-corrected chi connectivity index (χ0v) is 41.6. The van der Waals surface area contributed by atoms with E-state index in [0.717, 1.165) is 6.08 Å². The van der Waals surface area contributed by atoms with Gasteiger partial charge in [0.1, 0.15) is 73.8 Å². The van der Waals surface area contributed by atoms with Crippen LogP contribution in [0.15, 0.2) is 24.3 Å². The predicted molar refractivity (Wildman–Crippen MR) is 250 cm³/mol. The molecule has 8 aliphatic rings. The van der Waals surface area contributed by atoms with E-state index in [2.05, 4.69) is 0 Å². The Bertz CT molecular complexity index is 1890. The van der Waals surface area contributed by atoms with E-state index in [-0.39, 0.29) is 50.4 Å². The molecule has 4 heterocycles. The molecular weight excluding hydrogens is 1000 g/mol. The van der Waals surface area contributed by atoms with Crippen molar-refractivity contribution in [2.45, 2.75) is 231 Å². The number of aliphatic hydroxyl groups is 16. The van der Waals surface area contributed by atoms with Crippen LogP contribution in [-0.2, 0) is 47.5 Å². The summed E-state index contributed by atoms with van der Waals surface area (Å²) in [6.07, 6.45) is -23.2. The van der Waals surface area contributed by atoms with Crippen molar-refractivity contribution in [1.82, 2.24) is 0 Å². The minimum atomic E-state index is -1.96. The molecule has 26 atom stereocenters. The van der Waals surface area contributed by atoms with Crippen molar-refractivity contribution in [3.8, 4) is 0 Å². The monoisotopic (exact) mass is 1080 g/mol. The molecule has 0 aromatic carbocycles. The fourth-order valence-corrected chi connectivity index (χ4v) is 12.1. The smallest absolute Gasteiger partial charge is 0.330 e. The Kier molecular flexibility index (Phi) is 20.5. The highest BCUT2D eigenvalue weighted by Crippen LogP contribution is 2.44. The zero-order chi connectivity index (χ0) is 53.8. The lowest BCUT2D eigenvalue weighted by atomic mass is 9.72. The molecule has 428 valence electrons. The van der Waals surface area contributed by atoms with Crippen molar-refractivity contribution >= 4 is 11.9 Å². The Hall–Kier alpha value is -2.42. The Labute approximate surface area is 433 Å². The third-order valence-corrected chi connectivity index (χ3v) is 16.6. The summed E-state index contributed by atoms with van der Waals surface area (Å²) in [5, 5.41) is 150. The molecule has 0 bridgehead atoms. The van der Waals surface area contributed by atoms with Crippen molar-refractivity contribution in [1.29, 1.82) is 0 Å². The van der Waals surface area contributed by atoms with Crippen molar-refractivity contribution in [3.05, 3.63) is 24.3 Å². The molecule has 4 saturated heterocycles. The van der Waals surface area contributed by atoms with Gasteiger partial charge in [-0.05, 0) is 82.5 Å². The average molecular weight is 1080 g/mol. The number of aliphatic hydroxyl groups excluding tert-OH is 14. The molecule has 4 aliphatic heterocycles. The van der Waals surface area contributed by atoms with Crippen molar-refractivity contribution < 1.29 is 124 Å². The van der Waals surface area contributed by atoms with Crippen LogP contribution in [0.1, 0.15) is 83.5 Å². The maximum Gasteiger partial charge on any atom is 0.330 e. The van der Waals surface area contributed by atoms with E-state index >= 15 is 0 Å². The van der Waals surface area contributed by atoms with Gasteiger partial charge < -0.3 is 114 Å². The highest BCUT2D eigenvalue weighted by atomic mass is 16.8. The SMILES string of the molecule is O=C(C=CC1CCC(O)CC1)OC[C@H]1O[C@@H](OC2CC3C(O[C@@H]4O[C@H](CO)[C@@H](O)[C@H](O)[C@H]4O)CC(O)CC3[OH+]C2C2CCC(O)C(O)C2)[C@H](O[C@@H]2OC[C@@H](O)[C@H](O)[C@H]2OC(=O)C=CC2CCC(O)C(O)C2)[C@@H](O)[C@@H]1O. The number of fused-ring (bicyclic) bond motifs is 1. The van der Waals surface area contributed by atoms with E-state index in [1.54, 1.807) is 6.08 Å². The van der Waals surface area contributed by atoms with Crippen LogP contribution in [0, 0.1) is 23.7 Å². The van der Waals surface area contributed by atoms with Crippen LogP contribution in [0.4, 0.5) is 0 Å². The van der Waals surface area contributed by atoms with Crippen LogP contribution in [0.5, 0.6) is 0 Å². The van der Waals surface area contributed by atoms with Gasteiger partial charge in [0.05, 0.1) is 61.9 Å². The van der Waals surface area contributed by atoms with Crippen LogP contribution >= 0.6 is 0 Å². The fraction of sp³-hybridized carbons (Fsp3) is 0.880. The topological polar surface area (TPSA) is 404 Å². The van der Waals surface area contributed by atoms with E-state index in [1.807, 2.05) is 0 Å². The van der Waals surface area contributed by atoms with Crippen molar-refractivity contribution in [2.24, 2.45) is 23.7 Å². The number of rotatable bonds is 15. The Morgan fingerprint density at radius 2 is 1.16 bits per heavy atom. The Morgan fingerprint density at radius 1 is 0.520 bits per heavy atom. The van der Waals surface area contributed by atoms with Crippen LogP contribution in [0.2, 0.25) is 0 Å². The lowest BCUT2D eigenvalue weighted by molar-refractivity contribution is -0.385. The van der Waals surface area contributed by atoms with Crippen LogP contribution in [0.25, 0.3) is 0 Å². The number of ether oxygens (including phenoxy) is 9. The average Bonchev–Trinajstić information content (AvgIpc) is 3.39. The first-order valence-corrected chi connectivity index (χ1v) is 26.6. The van der Waals surface area contributed by atoms with Gasteiger partial charge >= 0.3 is 11.9 Å². The molecule has 0 spiro atoms. The molecule has 12 unspecified atom stereocenters. The van der Waals surface area contributed by atoms with Gasteiger partial charge in [-0.15, -0.1) is 0 Å². The molecule has 4 saturated carbocycles. The van der Waals surface area contributed by atoms with Crippen molar-refractivity contribution in [2.75, 3.05) is 19.8 Å². The molecule has 25 nitrogen and oxygen atoms in total.